The minimum Gasteiger partial charge on any atom is -0.504 e. The minimum atomic E-state index is -4.76. The molecule has 11 nitrogen and oxygen atoms in total. The van der Waals surface area contributed by atoms with E-state index in [2.05, 4.69) is 10.4 Å². The van der Waals surface area contributed by atoms with E-state index in [1.807, 2.05) is 0 Å². The summed E-state index contributed by atoms with van der Waals surface area (Å²) in [6.07, 6.45) is -2.55. The first kappa shape index (κ1) is 33.8. The monoisotopic (exact) mass is 730 g/mol. The molecule has 1 saturated carbocycles. The van der Waals surface area contributed by atoms with Gasteiger partial charge in [-0.25, -0.2) is 4.98 Å². The first-order valence-electron chi connectivity index (χ1n) is 15.6. The Balaban J connectivity index is 1.45. The fourth-order valence-electron chi connectivity index (χ4n) is 8.12. The number of carbonyl (C=O) groups is 4. The average Bonchev–Trinajstić information content (AvgIpc) is 3.43. The lowest BCUT2D eigenvalue weighted by Gasteiger charge is -2.50. The van der Waals surface area contributed by atoms with Crippen LogP contribution >= 0.6 is 23.2 Å². The number of nitrogens with zero attached hydrogens (tertiary/aromatic N) is 3. The number of phenols is 1. The fourth-order valence-corrected chi connectivity index (χ4v) is 8.46. The highest BCUT2D eigenvalue weighted by Crippen LogP contribution is 2.64. The van der Waals surface area contributed by atoms with Crippen LogP contribution in [0.4, 0.5) is 19.0 Å². The summed E-state index contributed by atoms with van der Waals surface area (Å²) in [7, 11) is 0. The molecule has 3 N–H and O–H groups in total. The summed E-state index contributed by atoms with van der Waals surface area (Å²) >= 11 is 12.5. The molecule has 0 radical (unpaired) electrons. The van der Waals surface area contributed by atoms with Crippen molar-refractivity contribution in [3.8, 4) is 11.5 Å². The van der Waals surface area contributed by atoms with Gasteiger partial charge in [0.2, 0.25) is 0 Å². The number of pyridine rings is 1. The van der Waals surface area contributed by atoms with E-state index in [-0.39, 0.29) is 36.0 Å². The summed E-state index contributed by atoms with van der Waals surface area (Å²) in [6, 6.07) is 11.4. The first-order valence-corrected chi connectivity index (χ1v) is 16.3. The van der Waals surface area contributed by atoms with E-state index in [4.69, 9.17) is 27.9 Å². The number of alkyl halides is 3. The molecule has 4 aliphatic rings. The molecule has 50 heavy (non-hydrogen) atoms. The maximum atomic E-state index is 15.1. The third-order valence-corrected chi connectivity index (χ3v) is 10.7. The fraction of sp³-hybridized carbons (Fsp3) is 0.324. The number of nitrogens with one attached hydrogen (secondary N) is 1. The second kappa shape index (κ2) is 12.0. The zero-order valence-corrected chi connectivity index (χ0v) is 27.5. The molecule has 6 atom stereocenters. The number of hydrazine groups is 1. The number of amides is 4. The number of halogens is 5. The number of hydrogen-bond donors (Lipinski definition) is 3. The van der Waals surface area contributed by atoms with Crippen LogP contribution in [0.1, 0.15) is 42.4 Å². The SMILES string of the molecule is CCOc1cc([C@H]2C3=CC[C@@H]4C(=O)N(O)C(=O)[C@@H]4[C@@H]3C[C@H]3C(=O)N(Nc4ncc(C(F)(F)F)cc4Cl)C(=O)[C@@]23c2ccc(Cl)cc2)ccc1O. The molecular formula is C34H27Cl2F3N4O7. The Labute approximate surface area is 292 Å². The van der Waals surface area contributed by atoms with Gasteiger partial charge in [-0.15, -0.1) is 0 Å². The quantitative estimate of drug-likeness (QED) is 0.160. The van der Waals surface area contributed by atoms with Gasteiger partial charge in [-0.3, -0.25) is 29.8 Å². The number of aromatic hydroxyl groups is 1. The smallest absolute Gasteiger partial charge is 0.417 e. The molecule has 3 aromatic rings. The Kier molecular flexibility index (Phi) is 8.11. The molecule has 7 rings (SSSR count). The third-order valence-electron chi connectivity index (χ3n) is 10.2. The van der Waals surface area contributed by atoms with Gasteiger partial charge in [-0.05, 0) is 67.1 Å². The highest BCUT2D eigenvalue weighted by Gasteiger charge is 2.70. The number of rotatable bonds is 6. The highest BCUT2D eigenvalue weighted by molar-refractivity contribution is 6.33. The van der Waals surface area contributed by atoms with E-state index >= 15 is 4.79 Å². The number of anilines is 1. The van der Waals surface area contributed by atoms with Crippen LogP contribution in [0.5, 0.6) is 11.5 Å². The van der Waals surface area contributed by atoms with Crippen LogP contribution in [0.15, 0.2) is 66.4 Å². The molecule has 0 bridgehead atoms. The Morgan fingerprint density at radius 2 is 1.74 bits per heavy atom. The van der Waals surface area contributed by atoms with Crippen LogP contribution in [0.25, 0.3) is 0 Å². The van der Waals surface area contributed by atoms with Gasteiger partial charge in [-0.1, -0.05) is 53.1 Å². The maximum Gasteiger partial charge on any atom is 0.417 e. The van der Waals surface area contributed by atoms with Crippen LogP contribution in [-0.4, -0.2) is 55.6 Å². The van der Waals surface area contributed by atoms with Crippen LogP contribution in [-0.2, 0) is 30.8 Å². The zero-order chi connectivity index (χ0) is 35.9. The summed E-state index contributed by atoms with van der Waals surface area (Å²) in [5.41, 5.74) is 0.976. The molecule has 260 valence electrons. The number of imide groups is 2. The Bertz CT molecular complexity index is 1990. The Hall–Kier alpha value is -4.66. The number of aromatic nitrogens is 1. The van der Waals surface area contributed by atoms with Crippen molar-refractivity contribution < 1.29 is 47.4 Å². The summed E-state index contributed by atoms with van der Waals surface area (Å²) in [6.45, 7) is 1.89. The maximum absolute atomic E-state index is 15.1. The Morgan fingerprint density at radius 1 is 1.02 bits per heavy atom. The second-order valence-corrected chi connectivity index (χ2v) is 13.4. The molecule has 0 spiro atoms. The molecule has 2 aliphatic heterocycles. The summed E-state index contributed by atoms with van der Waals surface area (Å²) < 4.78 is 45.8. The van der Waals surface area contributed by atoms with Gasteiger partial charge < -0.3 is 9.84 Å². The van der Waals surface area contributed by atoms with Gasteiger partial charge in [0.1, 0.15) is 0 Å². The van der Waals surface area contributed by atoms with E-state index in [9.17, 15) is 37.9 Å². The van der Waals surface area contributed by atoms with E-state index in [0.717, 1.165) is 0 Å². The lowest BCUT2D eigenvalue weighted by molar-refractivity contribution is -0.173. The second-order valence-electron chi connectivity index (χ2n) is 12.6. The number of ether oxygens (including phenoxy) is 1. The van der Waals surface area contributed by atoms with E-state index in [0.29, 0.717) is 39.0 Å². The van der Waals surface area contributed by atoms with Gasteiger partial charge in [0.15, 0.2) is 17.3 Å². The van der Waals surface area contributed by atoms with Gasteiger partial charge in [0.05, 0.1) is 40.4 Å². The van der Waals surface area contributed by atoms with E-state index in [1.54, 1.807) is 43.3 Å². The van der Waals surface area contributed by atoms with Gasteiger partial charge >= 0.3 is 6.18 Å². The van der Waals surface area contributed by atoms with Crippen molar-refractivity contribution in [3.05, 3.63) is 93.1 Å². The lowest BCUT2D eigenvalue weighted by atomic mass is 9.49. The zero-order valence-electron chi connectivity index (χ0n) is 25.9. The number of hydrogen-bond acceptors (Lipinski definition) is 9. The summed E-state index contributed by atoms with van der Waals surface area (Å²) in [5.74, 6) is -8.70. The van der Waals surface area contributed by atoms with Crippen molar-refractivity contribution in [1.29, 1.82) is 0 Å². The number of allylic oxidation sites excluding steroid dienone is 2. The molecular weight excluding hydrogens is 704 g/mol. The predicted octanol–water partition coefficient (Wildman–Crippen LogP) is 5.89. The molecule has 2 aliphatic carbocycles. The molecule has 0 unspecified atom stereocenters. The van der Waals surface area contributed by atoms with Crippen LogP contribution in [0.2, 0.25) is 10.0 Å². The van der Waals surface area contributed by atoms with Gasteiger partial charge in [0, 0.05) is 17.1 Å². The molecule has 3 heterocycles. The van der Waals surface area contributed by atoms with Crippen molar-refractivity contribution in [2.24, 2.45) is 23.7 Å². The molecule has 16 heteroatoms. The topological polar surface area (TPSA) is 149 Å². The molecule has 2 saturated heterocycles. The normalized spacial score (nSPS) is 27.6. The highest BCUT2D eigenvalue weighted by atomic mass is 35.5. The standard InChI is InChI=1S/C34H27Cl2F3N4O7/c1-2-50-25-11-15(3-10-24(25)44)27-19-8-9-20-26(31(47)43(49)29(20)45)21(19)13-22-30(46)42(32(48)33(22,27)16-4-6-18(35)7-5-16)41-28-23(36)12-17(14-40-28)34(37,38)39/h3-8,10-12,14,20-22,26-27,44,49H,2,9,13H2,1H3,(H,40,41)/t20-,21+,22-,26-,27-,33+/m0/s1. The van der Waals surface area contributed by atoms with E-state index in [1.165, 1.54) is 12.1 Å². The molecule has 3 fully saturated rings. The number of phenolic OH excluding ortho intramolecular Hbond substituents is 1. The number of hydroxylamine groups is 2. The van der Waals surface area contributed by atoms with Crippen molar-refractivity contribution >= 4 is 52.6 Å². The average molecular weight is 732 g/mol. The summed E-state index contributed by atoms with van der Waals surface area (Å²) in [4.78, 5) is 59.7. The van der Waals surface area contributed by atoms with Gasteiger partial charge in [0.25, 0.3) is 23.6 Å². The Morgan fingerprint density at radius 3 is 2.40 bits per heavy atom. The van der Waals surface area contributed by atoms with Crippen molar-refractivity contribution in [3.63, 3.8) is 0 Å². The molecule has 1 aromatic heterocycles. The van der Waals surface area contributed by atoms with Crippen molar-refractivity contribution in [2.45, 2.75) is 37.3 Å². The number of fused-ring (bicyclic) bond motifs is 4. The van der Waals surface area contributed by atoms with Crippen molar-refractivity contribution in [1.82, 2.24) is 15.1 Å². The van der Waals surface area contributed by atoms with Gasteiger partial charge in [-0.2, -0.15) is 23.2 Å². The molecule has 4 amide bonds. The summed E-state index contributed by atoms with van der Waals surface area (Å²) in [5, 5.41) is 21.6. The first-order chi connectivity index (χ1) is 23.7. The number of carbonyl (C=O) groups excluding carboxylic acids is 4. The largest absolute Gasteiger partial charge is 0.504 e. The third kappa shape index (κ3) is 4.95. The van der Waals surface area contributed by atoms with Crippen LogP contribution in [0.3, 0.4) is 0 Å². The van der Waals surface area contributed by atoms with E-state index < -0.39 is 81.2 Å². The van der Waals surface area contributed by atoms with Crippen LogP contribution in [0, 0.1) is 23.7 Å². The number of benzene rings is 2. The molecule has 2 aromatic carbocycles. The predicted molar refractivity (Wildman–Crippen MR) is 170 cm³/mol. The van der Waals surface area contributed by atoms with Crippen molar-refractivity contribution in [2.75, 3.05) is 12.0 Å². The lowest BCUT2D eigenvalue weighted by Crippen LogP contribution is -2.53. The van der Waals surface area contributed by atoms with Crippen LogP contribution < -0.4 is 10.2 Å². The minimum absolute atomic E-state index is 0.0571.